The Labute approximate surface area is 77.8 Å². The second kappa shape index (κ2) is 3.20. The molecule has 0 aliphatic heterocycles. The number of nitrogen functional groups attached to an aromatic ring is 1. The predicted octanol–water partition coefficient (Wildman–Crippen LogP) is 0.905. The molecule has 70 valence electrons. The molecule has 1 saturated carbocycles. The quantitative estimate of drug-likeness (QED) is 0.747. The highest BCUT2D eigenvalue weighted by atomic mass is 15.2. The number of hydrogen-bond acceptors (Lipinski definition) is 4. The van der Waals surface area contributed by atoms with Crippen LogP contribution < -0.4 is 10.6 Å². The molecule has 0 radical (unpaired) electrons. The molecule has 1 fully saturated rings. The van der Waals surface area contributed by atoms with Crippen LogP contribution in [-0.4, -0.2) is 23.6 Å². The fourth-order valence-corrected chi connectivity index (χ4v) is 1.35. The molecule has 0 aromatic carbocycles. The zero-order chi connectivity index (χ0) is 9.26. The predicted molar refractivity (Wildman–Crippen MR) is 52.4 cm³/mol. The van der Waals surface area contributed by atoms with Gasteiger partial charge in [-0.3, -0.25) is 0 Å². The highest BCUT2D eigenvalue weighted by molar-refractivity contribution is 5.45. The van der Waals surface area contributed by atoms with Gasteiger partial charge in [0, 0.05) is 19.7 Å². The molecule has 2 N–H and O–H groups in total. The minimum Gasteiger partial charge on any atom is -0.384 e. The van der Waals surface area contributed by atoms with Crippen LogP contribution >= 0.6 is 0 Å². The van der Waals surface area contributed by atoms with Gasteiger partial charge >= 0.3 is 0 Å². The Morgan fingerprint density at radius 3 is 2.92 bits per heavy atom. The van der Waals surface area contributed by atoms with E-state index in [4.69, 9.17) is 5.73 Å². The van der Waals surface area contributed by atoms with Crippen molar-refractivity contribution in [2.24, 2.45) is 5.92 Å². The van der Waals surface area contributed by atoms with Gasteiger partial charge in [-0.2, -0.15) is 0 Å². The van der Waals surface area contributed by atoms with Gasteiger partial charge in [0.1, 0.15) is 18.0 Å². The van der Waals surface area contributed by atoms with Crippen molar-refractivity contribution in [1.82, 2.24) is 9.97 Å². The van der Waals surface area contributed by atoms with Gasteiger partial charge in [-0.15, -0.1) is 0 Å². The van der Waals surface area contributed by atoms with E-state index in [-0.39, 0.29) is 0 Å². The average Bonchev–Trinajstić information content (AvgIpc) is 2.88. The summed E-state index contributed by atoms with van der Waals surface area (Å²) in [7, 11) is 2.04. The summed E-state index contributed by atoms with van der Waals surface area (Å²) in [5.74, 6) is 2.31. The van der Waals surface area contributed by atoms with Crippen molar-refractivity contribution in [2.45, 2.75) is 12.8 Å². The Balaban J connectivity index is 2.04. The van der Waals surface area contributed by atoms with E-state index in [9.17, 15) is 0 Å². The van der Waals surface area contributed by atoms with Crippen molar-refractivity contribution < 1.29 is 0 Å². The molecule has 1 aliphatic rings. The van der Waals surface area contributed by atoms with Gasteiger partial charge in [0.2, 0.25) is 0 Å². The molecule has 0 atom stereocenters. The summed E-state index contributed by atoms with van der Waals surface area (Å²) < 4.78 is 0. The second-order valence-corrected chi connectivity index (χ2v) is 3.62. The highest BCUT2D eigenvalue weighted by Crippen LogP contribution is 2.30. The number of aromatic nitrogens is 2. The first-order valence-corrected chi connectivity index (χ1v) is 4.54. The van der Waals surface area contributed by atoms with E-state index >= 15 is 0 Å². The fourth-order valence-electron chi connectivity index (χ4n) is 1.35. The molecule has 1 heterocycles. The zero-order valence-electron chi connectivity index (χ0n) is 7.77. The molecule has 4 heteroatoms. The molecular weight excluding hydrogens is 164 g/mol. The first-order chi connectivity index (χ1) is 6.25. The number of rotatable bonds is 3. The van der Waals surface area contributed by atoms with Crippen LogP contribution in [-0.2, 0) is 0 Å². The van der Waals surface area contributed by atoms with Gasteiger partial charge < -0.3 is 10.6 Å². The van der Waals surface area contributed by atoms with Crippen LogP contribution in [0.2, 0.25) is 0 Å². The number of nitrogens with two attached hydrogens (primary N) is 1. The Morgan fingerprint density at radius 2 is 2.31 bits per heavy atom. The summed E-state index contributed by atoms with van der Waals surface area (Å²) in [5.41, 5.74) is 5.57. The SMILES string of the molecule is CN(CC1CC1)c1cc(N)ncn1. The lowest BCUT2D eigenvalue weighted by Crippen LogP contribution is -2.21. The maximum atomic E-state index is 5.57. The van der Waals surface area contributed by atoms with E-state index in [0.29, 0.717) is 5.82 Å². The molecule has 0 unspecified atom stereocenters. The van der Waals surface area contributed by atoms with Crippen LogP contribution in [0.5, 0.6) is 0 Å². The van der Waals surface area contributed by atoms with Crippen LogP contribution in [0.1, 0.15) is 12.8 Å². The molecule has 0 bridgehead atoms. The third-order valence-electron chi connectivity index (χ3n) is 2.29. The maximum Gasteiger partial charge on any atom is 0.133 e. The molecule has 1 aromatic heterocycles. The topological polar surface area (TPSA) is 55.0 Å². The summed E-state index contributed by atoms with van der Waals surface area (Å²) in [6.45, 7) is 1.08. The van der Waals surface area contributed by atoms with Crippen LogP contribution in [0.4, 0.5) is 11.6 Å². The summed E-state index contributed by atoms with van der Waals surface area (Å²) in [4.78, 5) is 10.1. The van der Waals surface area contributed by atoms with Crippen LogP contribution in [0.25, 0.3) is 0 Å². The Hall–Kier alpha value is -1.32. The van der Waals surface area contributed by atoms with E-state index in [1.807, 2.05) is 13.1 Å². The number of hydrogen-bond donors (Lipinski definition) is 1. The van der Waals surface area contributed by atoms with E-state index in [0.717, 1.165) is 18.3 Å². The average molecular weight is 178 g/mol. The van der Waals surface area contributed by atoms with Gasteiger partial charge in [-0.25, -0.2) is 9.97 Å². The zero-order valence-corrected chi connectivity index (χ0v) is 7.77. The third-order valence-corrected chi connectivity index (χ3v) is 2.29. The Morgan fingerprint density at radius 1 is 1.54 bits per heavy atom. The first kappa shape index (κ1) is 8.29. The molecule has 0 spiro atoms. The van der Waals surface area contributed by atoms with Crippen molar-refractivity contribution in [2.75, 3.05) is 24.2 Å². The lowest BCUT2D eigenvalue weighted by atomic mass is 10.4. The molecule has 13 heavy (non-hydrogen) atoms. The van der Waals surface area contributed by atoms with Crippen molar-refractivity contribution in [3.05, 3.63) is 12.4 Å². The standard InChI is InChI=1S/C9H14N4/c1-13(5-7-2-3-7)9-4-8(10)11-6-12-9/h4,6-7H,2-3,5H2,1H3,(H2,10,11,12). The third kappa shape index (κ3) is 2.08. The fraction of sp³-hybridized carbons (Fsp3) is 0.556. The lowest BCUT2D eigenvalue weighted by molar-refractivity contribution is 0.776. The molecular formula is C9H14N4. The minimum absolute atomic E-state index is 0.535. The summed E-state index contributed by atoms with van der Waals surface area (Å²) >= 11 is 0. The molecule has 1 aliphatic carbocycles. The van der Waals surface area contributed by atoms with Crippen molar-refractivity contribution in [3.63, 3.8) is 0 Å². The highest BCUT2D eigenvalue weighted by Gasteiger charge is 2.23. The number of nitrogens with zero attached hydrogens (tertiary/aromatic N) is 3. The van der Waals surface area contributed by atoms with E-state index in [2.05, 4.69) is 14.9 Å². The van der Waals surface area contributed by atoms with E-state index in [1.54, 1.807) is 0 Å². The first-order valence-electron chi connectivity index (χ1n) is 4.54. The summed E-state index contributed by atoms with van der Waals surface area (Å²) in [6.07, 6.45) is 4.21. The van der Waals surface area contributed by atoms with Gasteiger partial charge in [0.05, 0.1) is 0 Å². The normalized spacial score (nSPS) is 15.8. The van der Waals surface area contributed by atoms with E-state index in [1.165, 1.54) is 19.2 Å². The lowest BCUT2D eigenvalue weighted by Gasteiger charge is -2.17. The molecule has 4 nitrogen and oxygen atoms in total. The smallest absolute Gasteiger partial charge is 0.133 e. The Bertz CT molecular complexity index is 295. The van der Waals surface area contributed by atoms with Crippen LogP contribution in [0, 0.1) is 5.92 Å². The largest absolute Gasteiger partial charge is 0.384 e. The molecule has 0 amide bonds. The van der Waals surface area contributed by atoms with Crippen LogP contribution in [0.3, 0.4) is 0 Å². The molecule has 0 saturated heterocycles. The van der Waals surface area contributed by atoms with Crippen molar-refractivity contribution >= 4 is 11.6 Å². The second-order valence-electron chi connectivity index (χ2n) is 3.62. The van der Waals surface area contributed by atoms with Crippen molar-refractivity contribution in [3.8, 4) is 0 Å². The Kier molecular flexibility index (Phi) is 2.04. The molecule has 2 rings (SSSR count). The maximum absolute atomic E-state index is 5.57. The van der Waals surface area contributed by atoms with Gasteiger partial charge in [-0.05, 0) is 18.8 Å². The van der Waals surface area contributed by atoms with Gasteiger partial charge in [0.15, 0.2) is 0 Å². The van der Waals surface area contributed by atoms with Gasteiger partial charge in [0.25, 0.3) is 0 Å². The number of anilines is 2. The van der Waals surface area contributed by atoms with E-state index < -0.39 is 0 Å². The van der Waals surface area contributed by atoms with Crippen LogP contribution in [0.15, 0.2) is 12.4 Å². The minimum atomic E-state index is 0.535. The monoisotopic (exact) mass is 178 g/mol. The van der Waals surface area contributed by atoms with Gasteiger partial charge in [-0.1, -0.05) is 0 Å². The summed E-state index contributed by atoms with van der Waals surface area (Å²) in [6, 6.07) is 1.81. The van der Waals surface area contributed by atoms with Crippen molar-refractivity contribution in [1.29, 1.82) is 0 Å². The summed E-state index contributed by atoms with van der Waals surface area (Å²) in [5, 5.41) is 0. The molecule has 1 aromatic rings.